The van der Waals surface area contributed by atoms with Crippen molar-refractivity contribution in [2.45, 2.75) is 45.2 Å². The summed E-state index contributed by atoms with van der Waals surface area (Å²) in [5.41, 5.74) is 0. The van der Waals surface area contributed by atoms with Gasteiger partial charge in [0, 0.05) is 0 Å². The average Bonchev–Trinajstić information content (AvgIpc) is 2.25. The number of hydrogen-bond acceptors (Lipinski definition) is 2. The van der Waals surface area contributed by atoms with E-state index in [1.165, 1.54) is 0 Å². The Bertz CT molecular complexity index is 283. The third-order valence-corrected chi connectivity index (χ3v) is 2.10. The van der Waals surface area contributed by atoms with Crippen molar-refractivity contribution in [3.05, 3.63) is 0 Å². The Morgan fingerprint density at radius 1 is 1.38 bits per heavy atom. The van der Waals surface area contributed by atoms with Crippen LogP contribution in [0, 0.1) is 12.3 Å². The molecule has 0 aliphatic heterocycles. The fraction of sp³-hybridized carbons (Fsp3) is 0.636. The lowest BCUT2D eigenvalue weighted by molar-refractivity contribution is -0.139. The quantitative estimate of drug-likeness (QED) is 0.590. The molecule has 2 amide bonds. The fourth-order valence-electron chi connectivity index (χ4n) is 1.17. The molecule has 0 saturated carbocycles. The maximum atomic E-state index is 11.4. The molecule has 0 spiro atoms. The summed E-state index contributed by atoms with van der Waals surface area (Å²) in [5.74, 6) is 1.36. The topological polar surface area (TPSA) is 78.4 Å². The zero-order valence-corrected chi connectivity index (χ0v) is 9.62. The summed E-state index contributed by atoms with van der Waals surface area (Å²) >= 11 is 0. The lowest BCUT2D eigenvalue weighted by Gasteiger charge is -2.16. The van der Waals surface area contributed by atoms with Crippen molar-refractivity contribution in [1.82, 2.24) is 10.6 Å². The molecule has 0 radical (unpaired) electrons. The number of carbonyl (C=O) groups is 2. The molecule has 5 nitrogen and oxygen atoms in total. The smallest absolute Gasteiger partial charge is 0.326 e. The van der Waals surface area contributed by atoms with E-state index >= 15 is 0 Å². The molecule has 90 valence electrons. The summed E-state index contributed by atoms with van der Waals surface area (Å²) in [6.07, 6.45) is 6.86. The van der Waals surface area contributed by atoms with E-state index in [0.717, 1.165) is 0 Å². The number of nitrogens with one attached hydrogen (secondary N) is 2. The van der Waals surface area contributed by atoms with Crippen LogP contribution in [0.4, 0.5) is 4.79 Å². The van der Waals surface area contributed by atoms with Crippen LogP contribution in [0.25, 0.3) is 0 Å². The van der Waals surface area contributed by atoms with Crippen LogP contribution < -0.4 is 10.6 Å². The summed E-state index contributed by atoms with van der Waals surface area (Å²) in [4.78, 5) is 22.1. The summed E-state index contributed by atoms with van der Waals surface area (Å²) in [5, 5.41) is 13.7. The number of carboxylic acids is 1. The summed E-state index contributed by atoms with van der Waals surface area (Å²) in [6.45, 7) is 3.69. The van der Waals surface area contributed by atoms with E-state index in [1.54, 1.807) is 0 Å². The van der Waals surface area contributed by atoms with Crippen molar-refractivity contribution < 1.29 is 14.7 Å². The highest BCUT2D eigenvalue weighted by Crippen LogP contribution is 1.97. The minimum Gasteiger partial charge on any atom is -0.480 e. The van der Waals surface area contributed by atoms with Gasteiger partial charge in [0.15, 0.2) is 0 Å². The second-order valence-corrected chi connectivity index (χ2v) is 3.42. The number of amides is 2. The van der Waals surface area contributed by atoms with Crippen LogP contribution in [0.3, 0.4) is 0 Å². The Morgan fingerprint density at radius 2 is 2.00 bits per heavy atom. The van der Waals surface area contributed by atoms with Crippen molar-refractivity contribution in [1.29, 1.82) is 0 Å². The molecule has 2 unspecified atom stereocenters. The van der Waals surface area contributed by atoms with Crippen molar-refractivity contribution in [3.8, 4) is 12.3 Å². The summed E-state index contributed by atoms with van der Waals surface area (Å²) in [7, 11) is 0. The maximum absolute atomic E-state index is 11.4. The second-order valence-electron chi connectivity index (χ2n) is 3.42. The van der Waals surface area contributed by atoms with Gasteiger partial charge in [-0.3, -0.25) is 0 Å². The molecule has 0 aliphatic carbocycles. The molecule has 5 heteroatoms. The monoisotopic (exact) mass is 226 g/mol. The van der Waals surface area contributed by atoms with Crippen molar-refractivity contribution >= 4 is 12.0 Å². The SMILES string of the molecule is C#CC(CC)NC(=O)NC(CCC)C(=O)O. The summed E-state index contributed by atoms with van der Waals surface area (Å²) < 4.78 is 0. The first-order valence-electron chi connectivity index (χ1n) is 5.31. The zero-order chi connectivity index (χ0) is 12.6. The Hall–Kier alpha value is -1.70. The van der Waals surface area contributed by atoms with Gasteiger partial charge in [-0.15, -0.1) is 6.42 Å². The van der Waals surface area contributed by atoms with Crippen LogP contribution in [0.1, 0.15) is 33.1 Å². The van der Waals surface area contributed by atoms with E-state index in [0.29, 0.717) is 19.3 Å². The standard InChI is InChI=1S/C11H18N2O3/c1-4-7-9(10(14)15)13-11(16)12-8(5-2)6-3/h2,8-9H,4,6-7H2,1,3H3,(H,14,15)(H2,12,13,16). The van der Waals surface area contributed by atoms with Crippen LogP contribution >= 0.6 is 0 Å². The van der Waals surface area contributed by atoms with Gasteiger partial charge in [-0.05, 0) is 12.8 Å². The minimum absolute atomic E-state index is 0.365. The lowest BCUT2D eigenvalue weighted by atomic mass is 10.2. The van der Waals surface area contributed by atoms with Crippen molar-refractivity contribution in [2.75, 3.05) is 0 Å². The molecule has 0 aromatic heterocycles. The molecule has 0 bridgehead atoms. The van der Waals surface area contributed by atoms with Crippen LogP contribution in [-0.4, -0.2) is 29.2 Å². The molecule has 2 atom stereocenters. The van der Waals surface area contributed by atoms with Crippen molar-refractivity contribution in [3.63, 3.8) is 0 Å². The zero-order valence-electron chi connectivity index (χ0n) is 9.62. The van der Waals surface area contributed by atoms with Gasteiger partial charge in [0.1, 0.15) is 6.04 Å². The highest BCUT2D eigenvalue weighted by molar-refractivity contribution is 5.82. The molecule has 0 aromatic rings. The van der Waals surface area contributed by atoms with E-state index in [2.05, 4.69) is 16.6 Å². The van der Waals surface area contributed by atoms with E-state index < -0.39 is 18.0 Å². The number of carboxylic acid groups (broad SMARTS) is 1. The van der Waals surface area contributed by atoms with Crippen LogP contribution in [-0.2, 0) is 4.79 Å². The number of aliphatic carboxylic acids is 1. The molecular formula is C11H18N2O3. The number of rotatable bonds is 6. The number of carbonyl (C=O) groups excluding carboxylic acids is 1. The Labute approximate surface area is 95.6 Å². The molecule has 0 saturated heterocycles. The molecule has 0 fully saturated rings. The number of terminal acetylenes is 1. The van der Waals surface area contributed by atoms with Crippen LogP contribution in [0.5, 0.6) is 0 Å². The first kappa shape index (κ1) is 14.3. The van der Waals surface area contributed by atoms with Gasteiger partial charge in [0.05, 0.1) is 6.04 Å². The Morgan fingerprint density at radius 3 is 2.38 bits per heavy atom. The van der Waals surface area contributed by atoms with Crippen molar-refractivity contribution in [2.24, 2.45) is 0 Å². The van der Waals surface area contributed by atoms with E-state index in [4.69, 9.17) is 11.5 Å². The van der Waals surface area contributed by atoms with Crippen LogP contribution in [0.2, 0.25) is 0 Å². The molecular weight excluding hydrogens is 208 g/mol. The minimum atomic E-state index is -1.04. The maximum Gasteiger partial charge on any atom is 0.326 e. The molecule has 0 rings (SSSR count). The van der Waals surface area contributed by atoms with Gasteiger partial charge in [-0.2, -0.15) is 0 Å². The van der Waals surface area contributed by atoms with Crippen LogP contribution in [0.15, 0.2) is 0 Å². The van der Waals surface area contributed by atoms with Gasteiger partial charge in [0.2, 0.25) is 0 Å². The van der Waals surface area contributed by atoms with Gasteiger partial charge in [-0.25, -0.2) is 9.59 Å². The largest absolute Gasteiger partial charge is 0.480 e. The van der Waals surface area contributed by atoms with Gasteiger partial charge < -0.3 is 15.7 Å². The first-order chi connectivity index (χ1) is 7.54. The molecule has 3 N–H and O–H groups in total. The second kappa shape index (κ2) is 7.57. The predicted octanol–water partition coefficient (Wildman–Crippen LogP) is 0.951. The Kier molecular flexibility index (Phi) is 6.77. The predicted molar refractivity (Wildman–Crippen MR) is 60.9 cm³/mol. The third-order valence-electron chi connectivity index (χ3n) is 2.10. The van der Waals surface area contributed by atoms with Gasteiger partial charge in [0.25, 0.3) is 0 Å². The molecule has 0 heterocycles. The lowest BCUT2D eigenvalue weighted by Crippen LogP contribution is -2.48. The Balaban J connectivity index is 4.20. The molecule has 0 aliphatic rings. The highest BCUT2D eigenvalue weighted by atomic mass is 16.4. The average molecular weight is 226 g/mol. The highest BCUT2D eigenvalue weighted by Gasteiger charge is 2.19. The van der Waals surface area contributed by atoms with E-state index in [9.17, 15) is 9.59 Å². The van der Waals surface area contributed by atoms with Gasteiger partial charge in [-0.1, -0.05) is 26.2 Å². The fourth-order valence-corrected chi connectivity index (χ4v) is 1.17. The molecule has 16 heavy (non-hydrogen) atoms. The van der Waals surface area contributed by atoms with E-state index in [1.807, 2.05) is 13.8 Å². The first-order valence-corrected chi connectivity index (χ1v) is 5.31. The normalized spacial score (nSPS) is 13.3. The van der Waals surface area contributed by atoms with E-state index in [-0.39, 0.29) is 6.04 Å². The van der Waals surface area contributed by atoms with Gasteiger partial charge >= 0.3 is 12.0 Å². The molecule has 0 aromatic carbocycles. The number of urea groups is 1. The number of hydrogen-bond donors (Lipinski definition) is 3. The summed E-state index contributed by atoms with van der Waals surface area (Å²) in [6, 6.07) is -1.76. The third kappa shape index (κ3) is 5.25.